The highest BCUT2D eigenvalue weighted by Gasteiger charge is 2.19. The Morgan fingerprint density at radius 3 is 1.93 bits per heavy atom. The third-order valence-electron chi connectivity index (χ3n) is 6.88. The second kappa shape index (κ2) is 12.8. The Hall–Kier alpha value is -4.81. The number of rotatable bonds is 10. The van der Waals surface area contributed by atoms with Crippen molar-refractivity contribution < 1.29 is 14.2 Å². The number of benzene rings is 5. The van der Waals surface area contributed by atoms with Crippen LogP contribution in [-0.4, -0.2) is 16.7 Å². The molecule has 0 bridgehead atoms. The van der Waals surface area contributed by atoms with E-state index in [0.717, 1.165) is 49.7 Å². The Kier molecular flexibility index (Phi) is 8.33. The van der Waals surface area contributed by atoms with Crippen LogP contribution in [0.4, 0.5) is 0 Å². The number of hydrogen-bond donors (Lipinski definition) is 0. The van der Waals surface area contributed by atoms with Crippen LogP contribution in [0.2, 0.25) is 0 Å². The standard InChI is InChI=1S/C36H29BrN2O3/c1-40-30-20-21-31(35(22-30)42-25-27-12-6-3-7-13-27)33-23-39(29-18-16-28(37)17-19-29)36(38-33)32-14-8-9-15-34(32)41-24-26-10-4-2-5-11-26/h2-23H,24-25H2,1H3. The number of aromatic nitrogens is 2. The van der Waals surface area contributed by atoms with Crippen LogP contribution >= 0.6 is 15.9 Å². The fourth-order valence-corrected chi connectivity index (χ4v) is 4.97. The lowest BCUT2D eigenvalue weighted by atomic mass is 10.1. The van der Waals surface area contributed by atoms with Crippen LogP contribution in [0.5, 0.6) is 17.2 Å². The summed E-state index contributed by atoms with van der Waals surface area (Å²) in [4.78, 5) is 5.19. The van der Waals surface area contributed by atoms with Crippen LogP contribution in [0.25, 0.3) is 28.3 Å². The summed E-state index contributed by atoms with van der Waals surface area (Å²) in [5.74, 6) is 2.93. The molecule has 0 amide bonds. The zero-order valence-electron chi connectivity index (χ0n) is 23.1. The van der Waals surface area contributed by atoms with E-state index in [4.69, 9.17) is 19.2 Å². The lowest BCUT2D eigenvalue weighted by molar-refractivity contribution is 0.305. The van der Waals surface area contributed by atoms with E-state index in [1.807, 2.05) is 109 Å². The summed E-state index contributed by atoms with van der Waals surface area (Å²) < 4.78 is 21.3. The Morgan fingerprint density at radius 1 is 0.643 bits per heavy atom. The summed E-state index contributed by atoms with van der Waals surface area (Å²) >= 11 is 3.56. The van der Waals surface area contributed by atoms with Crippen LogP contribution in [0.15, 0.2) is 138 Å². The van der Waals surface area contributed by atoms with Gasteiger partial charge in [-0.15, -0.1) is 0 Å². The zero-order valence-corrected chi connectivity index (χ0v) is 24.7. The van der Waals surface area contributed by atoms with Gasteiger partial charge in [0.25, 0.3) is 0 Å². The maximum atomic E-state index is 6.35. The first-order valence-corrected chi connectivity index (χ1v) is 14.4. The van der Waals surface area contributed by atoms with E-state index in [0.29, 0.717) is 24.7 Å². The molecule has 1 heterocycles. The second-order valence-corrected chi connectivity index (χ2v) is 10.6. The number of halogens is 1. The normalized spacial score (nSPS) is 10.8. The number of ether oxygens (including phenoxy) is 3. The number of imidazole rings is 1. The van der Waals surface area contributed by atoms with Gasteiger partial charge in [0, 0.05) is 28.0 Å². The van der Waals surface area contributed by atoms with E-state index in [1.165, 1.54) is 0 Å². The highest BCUT2D eigenvalue weighted by atomic mass is 79.9. The van der Waals surface area contributed by atoms with Crippen LogP contribution in [0, 0.1) is 0 Å². The van der Waals surface area contributed by atoms with E-state index in [-0.39, 0.29) is 0 Å². The average molecular weight is 618 g/mol. The lowest BCUT2D eigenvalue weighted by Gasteiger charge is -2.13. The van der Waals surface area contributed by atoms with Crippen molar-refractivity contribution in [3.8, 4) is 45.6 Å². The molecule has 6 rings (SSSR count). The van der Waals surface area contributed by atoms with Gasteiger partial charge in [-0.1, -0.05) is 88.7 Å². The number of hydrogen-bond acceptors (Lipinski definition) is 4. The van der Waals surface area contributed by atoms with Crippen molar-refractivity contribution in [3.63, 3.8) is 0 Å². The van der Waals surface area contributed by atoms with Gasteiger partial charge in [-0.3, -0.25) is 4.57 Å². The molecule has 0 aliphatic carbocycles. The highest BCUT2D eigenvalue weighted by molar-refractivity contribution is 9.10. The molecule has 6 aromatic rings. The molecule has 0 unspecified atom stereocenters. The first-order chi connectivity index (χ1) is 20.7. The zero-order chi connectivity index (χ0) is 28.7. The molecule has 0 fully saturated rings. The average Bonchev–Trinajstić information content (AvgIpc) is 3.49. The molecule has 208 valence electrons. The molecule has 0 aliphatic heterocycles. The molecule has 5 aromatic carbocycles. The van der Waals surface area contributed by atoms with Crippen LogP contribution < -0.4 is 14.2 Å². The summed E-state index contributed by atoms with van der Waals surface area (Å²) in [5.41, 5.74) is 5.69. The van der Waals surface area contributed by atoms with Crippen molar-refractivity contribution in [3.05, 3.63) is 149 Å². The van der Waals surface area contributed by atoms with Gasteiger partial charge < -0.3 is 14.2 Å². The topological polar surface area (TPSA) is 45.5 Å². The Labute approximate surface area is 254 Å². The third-order valence-corrected chi connectivity index (χ3v) is 7.41. The molecule has 0 spiro atoms. The SMILES string of the molecule is COc1ccc(-c2cn(-c3ccc(Br)cc3)c(-c3ccccc3OCc3ccccc3)n2)c(OCc2ccccc2)c1. The number of para-hydroxylation sites is 1. The second-order valence-electron chi connectivity index (χ2n) is 9.70. The Bertz CT molecular complexity index is 1770. The predicted molar refractivity (Wildman–Crippen MR) is 170 cm³/mol. The molecule has 5 nitrogen and oxygen atoms in total. The minimum Gasteiger partial charge on any atom is -0.497 e. The molecule has 42 heavy (non-hydrogen) atoms. The maximum Gasteiger partial charge on any atom is 0.148 e. The quantitative estimate of drug-likeness (QED) is 0.154. The molecule has 0 aliphatic rings. The largest absolute Gasteiger partial charge is 0.497 e. The van der Waals surface area contributed by atoms with Crippen LogP contribution in [-0.2, 0) is 13.2 Å². The summed E-state index contributed by atoms with van der Waals surface area (Å²) in [7, 11) is 1.66. The highest BCUT2D eigenvalue weighted by Crippen LogP contribution is 2.38. The fourth-order valence-electron chi connectivity index (χ4n) is 4.71. The first kappa shape index (κ1) is 27.4. The van der Waals surface area contributed by atoms with E-state index >= 15 is 0 Å². The molecule has 0 radical (unpaired) electrons. The van der Waals surface area contributed by atoms with Gasteiger partial charge in [0.05, 0.1) is 18.4 Å². The minimum atomic E-state index is 0.428. The van der Waals surface area contributed by atoms with Gasteiger partial charge in [0.15, 0.2) is 0 Å². The minimum absolute atomic E-state index is 0.428. The van der Waals surface area contributed by atoms with Crippen LogP contribution in [0.3, 0.4) is 0 Å². The van der Waals surface area contributed by atoms with E-state index < -0.39 is 0 Å². The molecule has 0 atom stereocenters. The van der Waals surface area contributed by atoms with Gasteiger partial charge in [-0.25, -0.2) is 4.98 Å². The summed E-state index contributed by atoms with van der Waals surface area (Å²) in [5, 5.41) is 0. The van der Waals surface area contributed by atoms with E-state index in [2.05, 4.69) is 44.8 Å². The molecule has 0 saturated carbocycles. The summed E-state index contributed by atoms with van der Waals surface area (Å²) in [6.07, 6.45) is 2.05. The molecule has 0 saturated heterocycles. The van der Waals surface area contributed by atoms with Gasteiger partial charge >= 0.3 is 0 Å². The summed E-state index contributed by atoms with van der Waals surface area (Å²) in [6.45, 7) is 0.886. The molecule has 1 aromatic heterocycles. The Morgan fingerprint density at radius 2 is 1.26 bits per heavy atom. The van der Waals surface area contributed by atoms with Gasteiger partial charge in [0.1, 0.15) is 36.3 Å². The third kappa shape index (κ3) is 6.24. The van der Waals surface area contributed by atoms with Gasteiger partial charge in [0.2, 0.25) is 0 Å². The molecular formula is C36H29BrN2O3. The number of nitrogens with zero attached hydrogens (tertiary/aromatic N) is 2. The van der Waals surface area contributed by atoms with Crippen molar-refractivity contribution in [2.24, 2.45) is 0 Å². The van der Waals surface area contributed by atoms with E-state index in [1.54, 1.807) is 7.11 Å². The molecule has 6 heteroatoms. The van der Waals surface area contributed by atoms with Gasteiger partial charge in [-0.2, -0.15) is 0 Å². The Balaban J connectivity index is 1.43. The van der Waals surface area contributed by atoms with Crippen LogP contribution in [0.1, 0.15) is 11.1 Å². The van der Waals surface area contributed by atoms with E-state index in [9.17, 15) is 0 Å². The maximum absolute atomic E-state index is 6.35. The number of methoxy groups -OCH3 is 1. The van der Waals surface area contributed by atoms with Gasteiger partial charge in [-0.05, 0) is 59.7 Å². The monoisotopic (exact) mass is 616 g/mol. The van der Waals surface area contributed by atoms with Crippen molar-refractivity contribution in [2.75, 3.05) is 7.11 Å². The smallest absolute Gasteiger partial charge is 0.148 e. The summed E-state index contributed by atoms with van der Waals surface area (Å²) in [6, 6.07) is 42.3. The van der Waals surface area contributed by atoms with Crippen molar-refractivity contribution in [1.82, 2.24) is 9.55 Å². The lowest BCUT2D eigenvalue weighted by Crippen LogP contribution is -2.00. The van der Waals surface area contributed by atoms with Crippen molar-refractivity contribution in [1.29, 1.82) is 0 Å². The predicted octanol–water partition coefficient (Wildman–Crippen LogP) is 9.14. The fraction of sp³-hybridized carbons (Fsp3) is 0.0833. The first-order valence-electron chi connectivity index (χ1n) is 13.6. The molecule has 0 N–H and O–H groups in total. The van der Waals surface area contributed by atoms with Crippen molar-refractivity contribution in [2.45, 2.75) is 13.2 Å². The van der Waals surface area contributed by atoms with Crippen molar-refractivity contribution >= 4 is 15.9 Å². The molecular weight excluding hydrogens is 588 g/mol.